The molecule has 1 heterocycles. The van der Waals surface area contributed by atoms with Crippen LogP contribution in [0.1, 0.15) is 20.8 Å². The van der Waals surface area contributed by atoms with E-state index >= 15 is 0 Å². The minimum Gasteiger partial charge on any atom is -0.322 e. The molecule has 0 radical (unpaired) electrons. The molecule has 80 valence electrons. The van der Waals surface area contributed by atoms with Gasteiger partial charge in [-0.1, -0.05) is 20.8 Å². The van der Waals surface area contributed by atoms with Crippen molar-refractivity contribution in [3.63, 3.8) is 0 Å². The number of hydrogen-bond acceptors (Lipinski definition) is 3. The Morgan fingerprint density at radius 2 is 1.93 bits per heavy atom. The molecule has 0 aromatic carbocycles. The lowest BCUT2D eigenvalue weighted by Gasteiger charge is -2.30. The van der Waals surface area contributed by atoms with Crippen molar-refractivity contribution >= 4 is 23.7 Å². The highest BCUT2D eigenvalue weighted by molar-refractivity contribution is 8.01. The van der Waals surface area contributed by atoms with Gasteiger partial charge < -0.3 is 5.32 Å². The number of urea groups is 1. The van der Waals surface area contributed by atoms with Gasteiger partial charge in [0.05, 0.1) is 0 Å². The first-order chi connectivity index (χ1) is 6.29. The predicted molar refractivity (Wildman–Crippen MR) is 52.7 cm³/mol. The second kappa shape index (κ2) is 3.76. The van der Waals surface area contributed by atoms with Gasteiger partial charge in [0.1, 0.15) is 5.37 Å². The maximum atomic E-state index is 13.3. The molecule has 14 heavy (non-hydrogen) atoms. The molecule has 1 fully saturated rings. The summed E-state index contributed by atoms with van der Waals surface area (Å²) in [5.74, 6) is -0.865. The number of nitrogens with one attached hydrogen (secondary N) is 2. The molecule has 1 aliphatic rings. The van der Waals surface area contributed by atoms with Crippen molar-refractivity contribution in [1.29, 1.82) is 0 Å². The molecule has 0 spiro atoms. The summed E-state index contributed by atoms with van der Waals surface area (Å²) in [6, 6.07) is -0.634. The molecular weight excluding hydrogens is 207 g/mol. The molecule has 0 aromatic rings. The molecule has 0 bridgehead atoms. The van der Waals surface area contributed by atoms with Gasteiger partial charge in [0.25, 0.3) is 5.91 Å². The summed E-state index contributed by atoms with van der Waals surface area (Å²) in [5, 5.41) is 3.44. The van der Waals surface area contributed by atoms with Crippen LogP contribution in [0.2, 0.25) is 0 Å². The highest BCUT2D eigenvalue weighted by Gasteiger charge is 2.38. The van der Waals surface area contributed by atoms with E-state index in [0.29, 0.717) is 0 Å². The monoisotopic (exact) mass is 220 g/mol. The van der Waals surface area contributed by atoms with E-state index in [9.17, 15) is 14.0 Å². The van der Waals surface area contributed by atoms with Gasteiger partial charge in [-0.15, -0.1) is 11.8 Å². The van der Waals surface area contributed by atoms with E-state index in [4.69, 9.17) is 0 Å². The number of halogens is 1. The van der Waals surface area contributed by atoms with E-state index in [1.54, 1.807) is 0 Å². The van der Waals surface area contributed by atoms with Gasteiger partial charge in [0.15, 0.2) is 0 Å². The van der Waals surface area contributed by atoms with E-state index in [1.807, 2.05) is 26.1 Å². The Hall–Kier alpha value is -0.780. The van der Waals surface area contributed by atoms with Crippen LogP contribution in [-0.2, 0) is 4.79 Å². The number of thioether (sulfide) groups is 1. The summed E-state index contributed by atoms with van der Waals surface area (Å²) in [6.45, 7) is 5.68. The van der Waals surface area contributed by atoms with Crippen LogP contribution in [0.4, 0.5) is 9.18 Å². The molecule has 0 aromatic heterocycles. The Morgan fingerprint density at radius 1 is 1.36 bits per heavy atom. The minimum atomic E-state index is -1.68. The number of imide groups is 1. The first kappa shape index (κ1) is 11.3. The molecule has 1 aliphatic heterocycles. The van der Waals surface area contributed by atoms with Crippen molar-refractivity contribution in [3.05, 3.63) is 0 Å². The van der Waals surface area contributed by atoms with Gasteiger partial charge >= 0.3 is 6.03 Å². The van der Waals surface area contributed by atoms with Crippen LogP contribution >= 0.6 is 11.8 Å². The number of alkyl halides is 1. The largest absolute Gasteiger partial charge is 0.322 e. The van der Waals surface area contributed by atoms with E-state index in [1.165, 1.54) is 11.8 Å². The molecule has 1 saturated heterocycles. The van der Waals surface area contributed by atoms with Crippen molar-refractivity contribution in [3.8, 4) is 0 Å². The zero-order valence-electron chi connectivity index (χ0n) is 8.26. The van der Waals surface area contributed by atoms with Crippen LogP contribution < -0.4 is 10.6 Å². The Labute approximate surface area is 86.0 Å². The fourth-order valence-electron chi connectivity index (χ4n) is 1.03. The molecule has 3 amide bonds. The standard InChI is InChI=1S/C8H13FN2O2S/c1-8(2,3)14-6-4(9)5(12)10-7(13)11-6/h4,6H,1-3H3,(H2,10,11,12,13)/t4-,6+/m1/s1. The van der Waals surface area contributed by atoms with Gasteiger partial charge in [-0.25, -0.2) is 9.18 Å². The average Bonchev–Trinajstić information content (AvgIpc) is 1.96. The molecule has 0 unspecified atom stereocenters. The van der Waals surface area contributed by atoms with Crippen molar-refractivity contribution in [1.82, 2.24) is 10.6 Å². The van der Waals surface area contributed by atoms with Crippen LogP contribution in [0.3, 0.4) is 0 Å². The number of rotatable bonds is 1. The van der Waals surface area contributed by atoms with Crippen molar-refractivity contribution in [2.24, 2.45) is 0 Å². The van der Waals surface area contributed by atoms with Crippen molar-refractivity contribution in [2.75, 3.05) is 0 Å². The Morgan fingerprint density at radius 3 is 2.43 bits per heavy atom. The lowest BCUT2D eigenvalue weighted by atomic mass is 10.3. The lowest BCUT2D eigenvalue weighted by molar-refractivity contribution is -0.125. The molecule has 1 rings (SSSR count). The first-order valence-corrected chi connectivity index (χ1v) is 5.11. The van der Waals surface area contributed by atoms with Gasteiger partial charge in [0, 0.05) is 4.75 Å². The number of hydrogen-bond donors (Lipinski definition) is 2. The van der Waals surface area contributed by atoms with Gasteiger partial charge in [-0.2, -0.15) is 0 Å². The van der Waals surface area contributed by atoms with E-state index < -0.39 is 23.5 Å². The molecule has 2 N–H and O–H groups in total. The van der Waals surface area contributed by atoms with Gasteiger partial charge in [0.2, 0.25) is 6.17 Å². The van der Waals surface area contributed by atoms with E-state index in [2.05, 4.69) is 5.32 Å². The maximum Gasteiger partial charge on any atom is 0.322 e. The smallest absolute Gasteiger partial charge is 0.322 e. The third-order valence-electron chi connectivity index (χ3n) is 1.51. The average molecular weight is 220 g/mol. The highest BCUT2D eigenvalue weighted by Crippen LogP contribution is 2.30. The normalized spacial score (nSPS) is 28.3. The van der Waals surface area contributed by atoms with Crippen LogP contribution in [0.25, 0.3) is 0 Å². The zero-order chi connectivity index (χ0) is 10.9. The van der Waals surface area contributed by atoms with Crippen LogP contribution in [0, 0.1) is 0 Å². The molecule has 2 atom stereocenters. The summed E-state index contributed by atoms with van der Waals surface area (Å²) in [4.78, 5) is 21.8. The third-order valence-corrected chi connectivity index (χ3v) is 2.82. The Kier molecular flexibility index (Phi) is 3.04. The number of carbonyl (C=O) groups is 2. The van der Waals surface area contributed by atoms with Crippen molar-refractivity contribution < 1.29 is 14.0 Å². The second-order valence-electron chi connectivity index (χ2n) is 4.02. The highest BCUT2D eigenvalue weighted by atomic mass is 32.2. The Balaban J connectivity index is 2.67. The van der Waals surface area contributed by atoms with Crippen molar-refractivity contribution in [2.45, 2.75) is 37.1 Å². The summed E-state index contributed by atoms with van der Waals surface area (Å²) in [6.07, 6.45) is -1.68. The topological polar surface area (TPSA) is 58.2 Å². The molecule has 4 nitrogen and oxygen atoms in total. The quantitative estimate of drug-likeness (QED) is 0.693. The maximum absolute atomic E-state index is 13.3. The predicted octanol–water partition coefficient (Wildman–Crippen LogP) is 1.02. The fraction of sp³-hybridized carbons (Fsp3) is 0.750. The first-order valence-electron chi connectivity index (χ1n) is 4.23. The zero-order valence-corrected chi connectivity index (χ0v) is 9.07. The Bertz CT molecular complexity index is 265. The minimum absolute atomic E-state index is 0.208. The fourth-order valence-corrected chi connectivity index (χ4v) is 2.20. The summed E-state index contributed by atoms with van der Waals surface area (Å²) in [5.41, 5.74) is 0. The molecule has 0 aliphatic carbocycles. The summed E-state index contributed by atoms with van der Waals surface area (Å²) < 4.78 is 13.1. The van der Waals surface area contributed by atoms with E-state index in [-0.39, 0.29) is 4.75 Å². The number of amides is 3. The second-order valence-corrected chi connectivity index (χ2v) is 5.98. The van der Waals surface area contributed by atoms with Crippen LogP contribution in [0.5, 0.6) is 0 Å². The van der Waals surface area contributed by atoms with Gasteiger partial charge in [-0.3, -0.25) is 10.1 Å². The van der Waals surface area contributed by atoms with Gasteiger partial charge in [-0.05, 0) is 0 Å². The molecule has 6 heteroatoms. The third kappa shape index (κ3) is 2.87. The van der Waals surface area contributed by atoms with Crippen LogP contribution in [0.15, 0.2) is 0 Å². The number of carbonyl (C=O) groups excluding carboxylic acids is 2. The SMILES string of the molecule is CC(C)(C)S[C@@H]1NC(=O)NC(=O)[C@H]1F. The van der Waals surface area contributed by atoms with E-state index in [0.717, 1.165) is 0 Å². The molecular formula is C8H13FN2O2S. The van der Waals surface area contributed by atoms with Crippen LogP contribution in [-0.4, -0.2) is 28.2 Å². The summed E-state index contributed by atoms with van der Waals surface area (Å²) in [7, 11) is 0. The lowest BCUT2D eigenvalue weighted by Crippen LogP contribution is -2.58. The molecule has 0 saturated carbocycles. The summed E-state index contributed by atoms with van der Waals surface area (Å²) >= 11 is 1.23.